The Labute approximate surface area is 121 Å². The molecular formula is C17H22N2O. The van der Waals surface area contributed by atoms with Gasteiger partial charge in [-0.15, -0.1) is 0 Å². The summed E-state index contributed by atoms with van der Waals surface area (Å²) in [5, 5.41) is 5.98. The summed E-state index contributed by atoms with van der Waals surface area (Å²) >= 11 is 0. The molecule has 0 atom stereocenters. The Morgan fingerprint density at radius 1 is 1.25 bits per heavy atom. The molecule has 106 valence electrons. The molecule has 2 N–H and O–H groups in total. The van der Waals surface area contributed by atoms with E-state index in [1.54, 1.807) is 6.92 Å². The first-order valence-electron chi connectivity index (χ1n) is 6.48. The van der Waals surface area contributed by atoms with Crippen molar-refractivity contribution in [2.45, 2.75) is 20.8 Å². The van der Waals surface area contributed by atoms with Gasteiger partial charge in [-0.05, 0) is 44.5 Å². The molecule has 0 aliphatic heterocycles. The summed E-state index contributed by atoms with van der Waals surface area (Å²) in [5.41, 5.74) is 5.41. The van der Waals surface area contributed by atoms with Gasteiger partial charge in [0.25, 0.3) is 5.91 Å². The number of allylic oxidation sites excluding steroid dienone is 2. The van der Waals surface area contributed by atoms with Crippen molar-refractivity contribution in [1.29, 1.82) is 0 Å². The maximum atomic E-state index is 11.6. The molecule has 3 nitrogen and oxygen atoms in total. The Balaban J connectivity index is 3.07. The van der Waals surface area contributed by atoms with E-state index in [0.29, 0.717) is 5.57 Å². The zero-order valence-electron chi connectivity index (χ0n) is 12.6. The zero-order chi connectivity index (χ0) is 15.3. The lowest BCUT2D eigenvalue weighted by Crippen LogP contribution is -2.12. The van der Waals surface area contributed by atoms with Crippen LogP contribution in [0.4, 0.5) is 5.69 Å². The van der Waals surface area contributed by atoms with Crippen LogP contribution < -0.4 is 10.6 Å². The van der Waals surface area contributed by atoms with Crippen molar-refractivity contribution in [2.24, 2.45) is 0 Å². The SMILES string of the molecule is C=C(C)/C=C(/NC)c1ccc(NC(=O)C(=C)C)cc1C. The summed E-state index contributed by atoms with van der Waals surface area (Å²) in [5.74, 6) is -0.163. The van der Waals surface area contributed by atoms with E-state index >= 15 is 0 Å². The molecule has 0 unspecified atom stereocenters. The quantitative estimate of drug-likeness (QED) is 0.633. The summed E-state index contributed by atoms with van der Waals surface area (Å²) < 4.78 is 0. The number of carbonyl (C=O) groups is 1. The summed E-state index contributed by atoms with van der Waals surface area (Å²) in [6.07, 6.45) is 1.99. The van der Waals surface area contributed by atoms with E-state index in [4.69, 9.17) is 0 Å². The molecule has 1 amide bonds. The molecule has 3 heteroatoms. The van der Waals surface area contributed by atoms with Crippen LogP contribution in [0.25, 0.3) is 5.70 Å². The molecule has 0 aliphatic rings. The second-order valence-corrected chi connectivity index (χ2v) is 4.92. The number of hydrogen-bond donors (Lipinski definition) is 2. The first-order chi connectivity index (χ1) is 9.35. The van der Waals surface area contributed by atoms with E-state index in [1.165, 1.54) is 0 Å². The first kappa shape index (κ1) is 15.8. The van der Waals surface area contributed by atoms with Crippen LogP contribution in [0, 0.1) is 6.92 Å². The molecule has 0 saturated carbocycles. The van der Waals surface area contributed by atoms with Gasteiger partial charge in [0, 0.05) is 29.6 Å². The monoisotopic (exact) mass is 270 g/mol. The van der Waals surface area contributed by atoms with E-state index in [-0.39, 0.29) is 5.91 Å². The highest BCUT2D eigenvalue weighted by atomic mass is 16.1. The lowest BCUT2D eigenvalue weighted by molar-refractivity contribution is -0.112. The second kappa shape index (κ2) is 6.75. The van der Waals surface area contributed by atoms with Crippen LogP contribution in [0.5, 0.6) is 0 Å². The predicted octanol–water partition coefficient (Wildman–Crippen LogP) is 3.65. The summed E-state index contributed by atoms with van der Waals surface area (Å²) in [7, 11) is 1.88. The van der Waals surface area contributed by atoms with Crippen molar-refractivity contribution in [1.82, 2.24) is 5.32 Å². The van der Waals surface area contributed by atoms with E-state index in [1.807, 2.05) is 45.2 Å². The molecule has 0 heterocycles. The maximum absolute atomic E-state index is 11.6. The summed E-state index contributed by atoms with van der Waals surface area (Å²) in [4.78, 5) is 11.6. The van der Waals surface area contributed by atoms with Crippen molar-refractivity contribution >= 4 is 17.3 Å². The molecule has 0 fully saturated rings. The molecule has 0 saturated heterocycles. The average molecular weight is 270 g/mol. The summed E-state index contributed by atoms with van der Waals surface area (Å²) in [6.45, 7) is 13.2. The van der Waals surface area contributed by atoms with Gasteiger partial charge in [0.15, 0.2) is 0 Å². The molecule has 0 radical (unpaired) electrons. The van der Waals surface area contributed by atoms with Crippen molar-refractivity contribution in [3.63, 3.8) is 0 Å². The minimum absolute atomic E-state index is 0.163. The molecule has 1 aromatic rings. The summed E-state index contributed by atoms with van der Waals surface area (Å²) in [6, 6.07) is 5.81. The van der Waals surface area contributed by atoms with Crippen LogP contribution >= 0.6 is 0 Å². The predicted molar refractivity (Wildman–Crippen MR) is 86.5 cm³/mol. The Morgan fingerprint density at radius 3 is 2.35 bits per heavy atom. The van der Waals surface area contributed by atoms with Crippen molar-refractivity contribution in [2.75, 3.05) is 12.4 Å². The van der Waals surface area contributed by atoms with Crippen LogP contribution in [0.3, 0.4) is 0 Å². The first-order valence-corrected chi connectivity index (χ1v) is 6.48. The van der Waals surface area contributed by atoms with Gasteiger partial charge in [0.2, 0.25) is 0 Å². The minimum Gasteiger partial charge on any atom is -0.388 e. The highest BCUT2D eigenvalue weighted by Gasteiger charge is 2.07. The Bertz CT molecular complexity index is 583. The van der Waals surface area contributed by atoms with Gasteiger partial charge >= 0.3 is 0 Å². The fourth-order valence-corrected chi connectivity index (χ4v) is 1.81. The number of aryl methyl sites for hydroxylation is 1. The number of benzene rings is 1. The lowest BCUT2D eigenvalue weighted by Gasteiger charge is -2.13. The third-order valence-electron chi connectivity index (χ3n) is 2.82. The highest BCUT2D eigenvalue weighted by Crippen LogP contribution is 2.21. The van der Waals surface area contributed by atoms with Crippen LogP contribution in [0.1, 0.15) is 25.0 Å². The number of anilines is 1. The van der Waals surface area contributed by atoms with E-state index < -0.39 is 0 Å². The topological polar surface area (TPSA) is 41.1 Å². The smallest absolute Gasteiger partial charge is 0.250 e. The molecule has 1 rings (SSSR count). The van der Waals surface area contributed by atoms with Gasteiger partial charge in [-0.25, -0.2) is 0 Å². The Hall–Kier alpha value is -2.29. The maximum Gasteiger partial charge on any atom is 0.250 e. The largest absolute Gasteiger partial charge is 0.388 e. The van der Waals surface area contributed by atoms with Gasteiger partial charge in [0.1, 0.15) is 0 Å². The van der Waals surface area contributed by atoms with Crippen molar-refractivity contribution < 1.29 is 4.79 Å². The van der Waals surface area contributed by atoms with Crippen LogP contribution in [-0.2, 0) is 4.79 Å². The molecule has 0 aromatic heterocycles. The highest BCUT2D eigenvalue weighted by molar-refractivity contribution is 6.02. The minimum atomic E-state index is -0.163. The number of amides is 1. The molecule has 20 heavy (non-hydrogen) atoms. The molecule has 0 aliphatic carbocycles. The van der Waals surface area contributed by atoms with Crippen molar-refractivity contribution in [3.8, 4) is 0 Å². The number of rotatable bonds is 5. The normalized spacial score (nSPS) is 10.9. The fourth-order valence-electron chi connectivity index (χ4n) is 1.81. The van der Waals surface area contributed by atoms with Gasteiger partial charge in [-0.1, -0.05) is 24.8 Å². The lowest BCUT2D eigenvalue weighted by atomic mass is 10.0. The molecule has 0 spiro atoms. The van der Waals surface area contributed by atoms with Gasteiger partial charge in [-0.3, -0.25) is 4.79 Å². The average Bonchev–Trinajstić information content (AvgIpc) is 2.36. The standard InChI is InChI=1S/C17H22N2O/c1-11(2)9-16(18-6)15-8-7-14(10-13(15)5)19-17(20)12(3)4/h7-10,18H,1,3H2,2,4-6H3,(H,19,20)/b16-9+. The fraction of sp³-hybridized carbons (Fsp3) is 0.235. The number of nitrogens with one attached hydrogen (secondary N) is 2. The molecular weight excluding hydrogens is 248 g/mol. The van der Waals surface area contributed by atoms with E-state index in [9.17, 15) is 4.79 Å². The number of carbonyl (C=O) groups excluding carboxylic acids is 1. The molecule has 1 aromatic carbocycles. The van der Waals surface area contributed by atoms with E-state index in [2.05, 4.69) is 23.8 Å². The number of hydrogen-bond acceptors (Lipinski definition) is 2. The van der Waals surface area contributed by atoms with Crippen LogP contribution in [-0.4, -0.2) is 13.0 Å². The molecule has 0 bridgehead atoms. The third-order valence-corrected chi connectivity index (χ3v) is 2.82. The van der Waals surface area contributed by atoms with Crippen molar-refractivity contribution in [3.05, 3.63) is 59.7 Å². The van der Waals surface area contributed by atoms with E-state index in [0.717, 1.165) is 28.1 Å². The van der Waals surface area contributed by atoms with Gasteiger partial charge in [0.05, 0.1) is 0 Å². The van der Waals surface area contributed by atoms with Gasteiger partial charge < -0.3 is 10.6 Å². The van der Waals surface area contributed by atoms with Crippen LogP contribution in [0.15, 0.2) is 48.6 Å². The van der Waals surface area contributed by atoms with Gasteiger partial charge in [-0.2, -0.15) is 0 Å². The Morgan fingerprint density at radius 2 is 1.90 bits per heavy atom. The second-order valence-electron chi connectivity index (χ2n) is 4.92. The van der Waals surface area contributed by atoms with Crippen LogP contribution in [0.2, 0.25) is 0 Å². The zero-order valence-corrected chi connectivity index (χ0v) is 12.6. The Kier molecular flexibility index (Phi) is 5.32. The third kappa shape index (κ3) is 4.12.